The van der Waals surface area contributed by atoms with Gasteiger partial charge < -0.3 is 14.6 Å². The molecule has 0 saturated carbocycles. The van der Waals surface area contributed by atoms with Crippen LogP contribution >= 0.6 is 0 Å². The van der Waals surface area contributed by atoms with Crippen molar-refractivity contribution >= 4 is 0 Å². The van der Waals surface area contributed by atoms with Gasteiger partial charge in [-0.25, -0.2) is 0 Å². The molecule has 1 aromatic heterocycles. The molecular formula is C21H18N2O3. The highest BCUT2D eigenvalue weighted by molar-refractivity contribution is 5.40. The van der Waals surface area contributed by atoms with Crippen molar-refractivity contribution in [1.82, 2.24) is 4.98 Å². The van der Waals surface area contributed by atoms with Crippen LogP contribution in [0.3, 0.4) is 0 Å². The Morgan fingerprint density at radius 2 is 1.42 bits per heavy atom. The van der Waals surface area contributed by atoms with Gasteiger partial charge in [0.05, 0.1) is 11.9 Å². The molecule has 1 unspecified atom stereocenters. The van der Waals surface area contributed by atoms with Gasteiger partial charge in [0.2, 0.25) is 0 Å². The van der Waals surface area contributed by atoms with E-state index in [1.165, 1.54) is 12.3 Å². The van der Waals surface area contributed by atoms with Crippen LogP contribution < -0.4 is 9.47 Å². The number of hydrogen-bond acceptors (Lipinski definition) is 5. The summed E-state index contributed by atoms with van der Waals surface area (Å²) in [6, 6.07) is 22.8. The Morgan fingerprint density at radius 3 is 1.96 bits per heavy atom. The van der Waals surface area contributed by atoms with Crippen LogP contribution in [0, 0.1) is 11.3 Å². The minimum absolute atomic E-state index is 0.225. The molecule has 3 aromatic rings. The van der Waals surface area contributed by atoms with Crippen LogP contribution in [0.2, 0.25) is 0 Å². The first kappa shape index (κ1) is 17.5. The second-order valence-electron chi connectivity index (χ2n) is 5.64. The van der Waals surface area contributed by atoms with Gasteiger partial charge in [0.15, 0.2) is 17.6 Å². The quantitative estimate of drug-likeness (QED) is 0.659. The van der Waals surface area contributed by atoms with Crippen molar-refractivity contribution < 1.29 is 14.6 Å². The summed E-state index contributed by atoms with van der Waals surface area (Å²) >= 11 is 0. The summed E-state index contributed by atoms with van der Waals surface area (Å²) in [6.45, 7) is 0.707. The zero-order valence-electron chi connectivity index (χ0n) is 14.1. The first-order chi connectivity index (χ1) is 12.8. The highest BCUT2D eigenvalue weighted by atomic mass is 16.5. The lowest BCUT2D eigenvalue weighted by molar-refractivity contribution is 0.225. The Balaban J connectivity index is 1.78. The predicted octanol–water partition coefficient (Wildman–Crippen LogP) is 3.80. The minimum atomic E-state index is -1.31. The molecule has 0 spiro atoms. The van der Waals surface area contributed by atoms with E-state index in [2.05, 4.69) is 4.98 Å². The topological polar surface area (TPSA) is 75.4 Å². The number of nitrogens with zero attached hydrogens (tertiary/aromatic N) is 2. The Bertz CT molecular complexity index is 877. The number of benzene rings is 2. The predicted molar refractivity (Wildman–Crippen MR) is 96.4 cm³/mol. The lowest BCUT2D eigenvalue weighted by Crippen LogP contribution is -2.04. The average Bonchev–Trinajstić information content (AvgIpc) is 2.72. The molecule has 0 radical (unpaired) electrons. The van der Waals surface area contributed by atoms with Crippen LogP contribution in [-0.4, -0.2) is 10.1 Å². The third-order valence-corrected chi connectivity index (χ3v) is 3.73. The number of aliphatic hydroxyl groups is 1. The maximum Gasteiger partial charge on any atom is 0.183 e. The monoisotopic (exact) mass is 346 g/mol. The van der Waals surface area contributed by atoms with Crippen molar-refractivity contribution in [3.05, 3.63) is 89.7 Å². The molecule has 0 aliphatic heterocycles. The van der Waals surface area contributed by atoms with Crippen LogP contribution in [0.15, 0.2) is 72.9 Å². The second kappa shape index (κ2) is 8.65. The maximum absolute atomic E-state index is 9.72. The summed E-state index contributed by atoms with van der Waals surface area (Å²) < 4.78 is 11.7. The van der Waals surface area contributed by atoms with Crippen molar-refractivity contribution in [2.24, 2.45) is 0 Å². The van der Waals surface area contributed by atoms with Crippen molar-refractivity contribution in [3.63, 3.8) is 0 Å². The van der Waals surface area contributed by atoms with Gasteiger partial charge >= 0.3 is 0 Å². The van der Waals surface area contributed by atoms with Gasteiger partial charge in [-0.2, -0.15) is 5.26 Å². The molecule has 1 heterocycles. The lowest BCUT2D eigenvalue weighted by Gasteiger charge is -2.14. The molecule has 26 heavy (non-hydrogen) atoms. The minimum Gasteiger partial charge on any atom is -0.485 e. The molecule has 0 aliphatic rings. The van der Waals surface area contributed by atoms with Crippen LogP contribution in [-0.2, 0) is 13.2 Å². The lowest BCUT2D eigenvalue weighted by atomic mass is 10.2. The van der Waals surface area contributed by atoms with E-state index in [1.54, 1.807) is 6.07 Å². The van der Waals surface area contributed by atoms with Crippen LogP contribution in [0.1, 0.15) is 22.9 Å². The van der Waals surface area contributed by atoms with Gasteiger partial charge in [-0.3, -0.25) is 4.98 Å². The number of nitriles is 1. The number of ether oxygens (including phenoxy) is 2. The molecule has 0 saturated heterocycles. The fourth-order valence-corrected chi connectivity index (χ4v) is 2.35. The first-order valence-electron chi connectivity index (χ1n) is 8.17. The van der Waals surface area contributed by atoms with Crippen molar-refractivity contribution in [1.29, 1.82) is 5.26 Å². The van der Waals surface area contributed by atoms with E-state index in [1.807, 2.05) is 60.7 Å². The molecule has 0 bridgehead atoms. The zero-order chi connectivity index (χ0) is 18.2. The Kier molecular flexibility index (Phi) is 5.81. The van der Waals surface area contributed by atoms with Gasteiger partial charge in [0.1, 0.15) is 19.3 Å². The molecule has 5 heteroatoms. The molecule has 130 valence electrons. The van der Waals surface area contributed by atoms with Crippen molar-refractivity contribution in [2.75, 3.05) is 0 Å². The number of aromatic nitrogens is 1. The van der Waals surface area contributed by atoms with Gasteiger partial charge in [-0.1, -0.05) is 60.7 Å². The highest BCUT2D eigenvalue weighted by Crippen LogP contribution is 2.30. The van der Waals surface area contributed by atoms with E-state index in [-0.39, 0.29) is 5.69 Å². The number of pyridine rings is 1. The van der Waals surface area contributed by atoms with E-state index < -0.39 is 6.10 Å². The number of rotatable bonds is 7. The standard InChI is InChI=1S/C21H18N2O3/c22-12-19(24)18-11-20(25-14-16-7-3-1-4-8-16)21(13-23-18)26-15-17-9-5-2-6-10-17/h1-11,13,19,24H,14-15H2. The molecule has 0 fully saturated rings. The summed E-state index contributed by atoms with van der Waals surface area (Å²) in [5.74, 6) is 0.891. The maximum atomic E-state index is 9.72. The molecule has 3 rings (SSSR count). The molecule has 1 N–H and O–H groups in total. The van der Waals surface area contributed by atoms with Gasteiger partial charge in [-0.05, 0) is 11.1 Å². The first-order valence-corrected chi connectivity index (χ1v) is 8.17. The second-order valence-corrected chi connectivity index (χ2v) is 5.64. The molecule has 2 aromatic carbocycles. The summed E-state index contributed by atoms with van der Waals surface area (Å²) in [5.41, 5.74) is 2.24. The summed E-state index contributed by atoms with van der Waals surface area (Å²) in [4.78, 5) is 4.10. The fraction of sp³-hybridized carbons (Fsp3) is 0.143. The summed E-state index contributed by atoms with van der Waals surface area (Å²) in [7, 11) is 0. The average molecular weight is 346 g/mol. The number of hydrogen-bond donors (Lipinski definition) is 1. The normalized spacial score (nSPS) is 11.4. The van der Waals surface area contributed by atoms with Crippen LogP contribution in [0.25, 0.3) is 0 Å². The van der Waals surface area contributed by atoms with Crippen molar-refractivity contribution in [2.45, 2.75) is 19.3 Å². The van der Waals surface area contributed by atoms with E-state index in [9.17, 15) is 5.11 Å². The van der Waals surface area contributed by atoms with E-state index in [0.29, 0.717) is 24.7 Å². The molecule has 5 nitrogen and oxygen atoms in total. The van der Waals surface area contributed by atoms with Gasteiger partial charge in [-0.15, -0.1) is 0 Å². The Hall–Kier alpha value is -3.36. The van der Waals surface area contributed by atoms with Gasteiger partial charge in [0, 0.05) is 6.07 Å². The summed E-state index contributed by atoms with van der Waals surface area (Å²) in [5, 5.41) is 18.6. The molecular weight excluding hydrogens is 328 g/mol. The van der Waals surface area contributed by atoms with Crippen LogP contribution in [0.4, 0.5) is 0 Å². The van der Waals surface area contributed by atoms with Gasteiger partial charge in [0.25, 0.3) is 0 Å². The smallest absolute Gasteiger partial charge is 0.183 e. The van der Waals surface area contributed by atoms with E-state index in [0.717, 1.165) is 11.1 Å². The van der Waals surface area contributed by atoms with E-state index >= 15 is 0 Å². The van der Waals surface area contributed by atoms with Crippen molar-refractivity contribution in [3.8, 4) is 17.6 Å². The molecule has 1 atom stereocenters. The Labute approximate surface area is 152 Å². The summed E-state index contributed by atoms with van der Waals surface area (Å²) in [6.07, 6.45) is 0.163. The third kappa shape index (κ3) is 4.59. The highest BCUT2D eigenvalue weighted by Gasteiger charge is 2.14. The van der Waals surface area contributed by atoms with E-state index in [4.69, 9.17) is 14.7 Å². The molecule has 0 amide bonds. The fourth-order valence-electron chi connectivity index (χ4n) is 2.35. The number of aliphatic hydroxyl groups excluding tert-OH is 1. The van der Waals surface area contributed by atoms with Crippen LogP contribution in [0.5, 0.6) is 11.5 Å². The zero-order valence-corrected chi connectivity index (χ0v) is 14.1. The molecule has 0 aliphatic carbocycles. The largest absolute Gasteiger partial charge is 0.485 e. The third-order valence-electron chi connectivity index (χ3n) is 3.73. The Morgan fingerprint density at radius 1 is 0.885 bits per heavy atom. The SMILES string of the molecule is N#CC(O)c1cc(OCc2ccccc2)c(OCc2ccccc2)cn1.